The van der Waals surface area contributed by atoms with Gasteiger partial charge in [-0.05, 0) is 23.8 Å². The van der Waals surface area contributed by atoms with Gasteiger partial charge in [0.05, 0.1) is 10.4 Å². The zero-order valence-corrected chi connectivity index (χ0v) is 11.5. The van der Waals surface area contributed by atoms with E-state index in [-0.39, 0.29) is 10.6 Å². The van der Waals surface area contributed by atoms with Gasteiger partial charge in [-0.25, -0.2) is 0 Å². The van der Waals surface area contributed by atoms with E-state index in [2.05, 4.69) is 10.4 Å². The first-order chi connectivity index (χ1) is 10.1. The van der Waals surface area contributed by atoms with Crippen molar-refractivity contribution in [2.24, 2.45) is 7.05 Å². The number of fused-ring (bicyclic) bond motifs is 1. The average molecular weight is 282 g/mol. The van der Waals surface area contributed by atoms with Gasteiger partial charge < -0.3 is 5.32 Å². The van der Waals surface area contributed by atoms with Crippen molar-refractivity contribution in [3.8, 4) is 0 Å². The van der Waals surface area contributed by atoms with Crippen molar-refractivity contribution in [3.63, 3.8) is 0 Å². The monoisotopic (exact) mass is 282 g/mol. The molecule has 1 N–H and O–H groups in total. The Morgan fingerprint density at radius 3 is 2.95 bits per heavy atom. The number of nitrogens with one attached hydrogen (secondary N) is 1. The summed E-state index contributed by atoms with van der Waals surface area (Å²) in [7, 11) is 1.89. The third-order valence-corrected chi connectivity index (χ3v) is 3.24. The van der Waals surface area contributed by atoms with Crippen LogP contribution in [0.4, 0.5) is 11.4 Å². The summed E-state index contributed by atoms with van der Waals surface area (Å²) in [5.74, 6) is 0. The fourth-order valence-electron chi connectivity index (χ4n) is 2.24. The molecule has 0 aliphatic heterocycles. The summed E-state index contributed by atoms with van der Waals surface area (Å²) >= 11 is 0. The predicted molar refractivity (Wildman–Crippen MR) is 81.1 cm³/mol. The van der Waals surface area contributed by atoms with Crippen LogP contribution >= 0.6 is 0 Å². The summed E-state index contributed by atoms with van der Waals surface area (Å²) < 4.78 is 1.77. The Bertz CT molecular complexity index is 810. The molecule has 0 atom stereocenters. The highest BCUT2D eigenvalue weighted by Gasteiger charge is 2.05. The molecule has 3 aromatic rings. The summed E-state index contributed by atoms with van der Waals surface area (Å²) in [5.41, 5.74) is 2.88. The molecule has 21 heavy (non-hydrogen) atoms. The summed E-state index contributed by atoms with van der Waals surface area (Å²) in [6.45, 7) is 0.535. The number of nitro groups is 1. The van der Waals surface area contributed by atoms with Gasteiger partial charge in [0.1, 0.15) is 0 Å². The quantitative estimate of drug-likeness (QED) is 0.589. The molecule has 0 amide bonds. The zero-order chi connectivity index (χ0) is 14.8. The molecule has 0 bridgehead atoms. The van der Waals surface area contributed by atoms with E-state index in [1.807, 2.05) is 37.5 Å². The van der Waals surface area contributed by atoms with Crippen LogP contribution in [-0.4, -0.2) is 14.7 Å². The van der Waals surface area contributed by atoms with Crippen molar-refractivity contribution in [1.29, 1.82) is 0 Å². The van der Waals surface area contributed by atoms with Gasteiger partial charge in [0.25, 0.3) is 5.69 Å². The molecule has 6 heteroatoms. The highest BCUT2D eigenvalue weighted by molar-refractivity contribution is 5.81. The van der Waals surface area contributed by atoms with Crippen LogP contribution in [0.3, 0.4) is 0 Å². The molecule has 0 radical (unpaired) electrons. The van der Waals surface area contributed by atoms with Crippen molar-refractivity contribution in [2.45, 2.75) is 6.54 Å². The van der Waals surface area contributed by atoms with Crippen LogP contribution in [0.25, 0.3) is 10.9 Å². The second kappa shape index (κ2) is 5.24. The van der Waals surface area contributed by atoms with Crippen molar-refractivity contribution >= 4 is 22.3 Å². The number of rotatable bonds is 4. The van der Waals surface area contributed by atoms with E-state index in [0.717, 1.165) is 22.2 Å². The van der Waals surface area contributed by atoms with Crippen molar-refractivity contribution in [3.05, 3.63) is 64.3 Å². The number of anilines is 1. The Morgan fingerprint density at radius 2 is 2.14 bits per heavy atom. The molecule has 106 valence electrons. The van der Waals surface area contributed by atoms with Gasteiger partial charge in [-0.2, -0.15) is 5.10 Å². The Hall–Kier alpha value is -2.89. The number of nitrogens with zero attached hydrogens (tertiary/aromatic N) is 3. The number of aromatic nitrogens is 2. The topological polar surface area (TPSA) is 73.0 Å². The normalized spacial score (nSPS) is 10.7. The summed E-state index contributed by atoms with van der Waals surface area (Å²) in [6, 6.07) is 12.5. The van der Waals surface area contributed by atoms with Crippen LogP contribution in [-0.2, 0) is 13.6 Å². The van der Waals surface area contributed by atoms with Gasteiger partial charge in [-0.1, -0.05) is 12.1 Å². The van der Waals surface area contributed by atoms with Crippen LogP contribution in [0.15, 0.2) is 48.7 Å². The maximum Gasteiger partial charge on any atom is 0.269 e. The third-order valence-electron chi connectivity index (χ3n) is 3.24. The van der Waals surface area contributed by atoms with Crippen LogP contribution in [0.1, 0.15) is 5.56 Å². The fraction of sp³-hybridized carbons (Fsp3) is 0.133. The van der Waals surface area contributed by atoms with Gasteiger partial charge >= 0.3 is 0 Å². The minimum Gasteiger partial charge on any atom is -0.381 e. The summed E-state index contributed by atoms with van der Waals surface area (Å²) in [5, 5.41) is 19.4. The number of nitro benzene ring substituents is 1. The van der Waals surface area contributed by atoms with Gasteiger partial charge in [0, 0.05) is 43.0 Å². The molecule has 0 saturated heterocycles. The second-order valence-electron chi connectivity index (χ2n) is 4.86. The minimum absolute atomic E-state index is 0.108. The number of non-ortho nitro benzene ring substituents is 1. The standard InChI is InChI=1S/C15H14N4O2/c1-18-10-12-8-13(5-6-15(12)17-18)16-9-11-3-2-4-14(7-11)19(20)21/h2-8,10,16H,9H2,1H3. The van der Waals surface area contributed by atoms with Gasteiger partial charge in [0.15, 0.2) is 0 Å². The van der Waals surface area contributed by atoms with E-state index < -0.39 is 0 Å². The van der Waals surface area contributed by atoms with Gasteiger partial charge in [-0.3, -0.25) is 14.8 Å². The lowest BCUT2D eigenvalue weighted by atomic mass is 10.2. The first-order valence-corrected chi connectivity index (χ1v) is 6.52. The van der Waals surface area contributed by atoms with Crippen LogP contribution in [0.2, 0.25) is 0 Å². The van der Waals surface area contributed by atoms with Crippen molar-refractivity contribution in [1.82, 2.24) is 9.78 Å². The SMILES string of the molecule is Cn1cc2cc(NCc3cccc([N+](=O)[O-])c3)ccc2n1. The lowest BCUT2D eigenvalue weighted by molar-refractivity contribution is -0.384. The highest BCUT2D eigenvalue weighted by atomic mass is 16.6. The third kappa shape index (κ3) is 2.84. The number of benzene rings is 2. The molecule has 2 aromatic carbocycles. The van der Waals surface area contributed by atoms with E-state index >= 15 is 0 Å². The molecule has 0 spiro atoms. The van der Waals surface area contributed by atoms with Crippen LogP contribution in [0.5, 0.6) is 0 Å². The highest BCUT2D eigenvalue weighted by Crippen LogP contribution is 2.19. The summed E-state index contributed by atoms with van der Waals surface area (Å²) in [4.78, 5) is 10.4. The molecule has 1 aromatic heterocycles. The van der Waals surface area contributed by atoms with Gasteiger partial charge in [-0.15, -0.1) is 0 Å². The molecule has 6 nitrogen and oxygen atoms in total. The largest absolute Gasteiger partial charge is 0.381 e. The van der Waals surface area contributed by atoms with Crippen molar-refractivity contribution in [2.75, 3.05) is 5.32 Å². The fourth-order valence-corrected chi connectivity index (χ4v) is 2.24. The molecule has 0 fully saturated rings. The molecule has 3 rings (SSSR count). The Labute approximate surface area is 121 Å². The molecule has 0 aliphatic rings. The number of aryl methyl sites for hydroxylation is 1. The van der Waals surface area contributed by atoms with Gasteiger partial charge in [0.2, 0.25) is 0 Å². The Balaban J connectivity index is 1.76. The van der Waals surface area contributed by atoms with E-state index in [1.54, 1.807) is 16.8 Å². The van der Waals surface area contributed by atoms with Crippen LogP contribution < -0.4 is 5.32 Å². The molecular weight excluding hydrogens is 268 g/mol. The average Bonchev–Trinajstić information content (AvgIpc) is 2.84. The predicted octanol–water partition coefficient (Wildman–Crippen LogP) is 3.09. The Kier molecular flexibility index (Phi) is 3.27. The lowest BCUT2D eigenvalue weighted by Crippen LogP contribution is -2.00. The minimum atomic E-state index is -0.384. The Morgan fingerprint density at radius 1 is 1.29 bits per heavy atom. The number of hydrogen-bond donors (Lipinski definition) is 1. The lowest BCUT2D eigenvalue weighted by Gasteiger charge is -2.06. The maximum absolute atomic E-state index is 10.8. The second-order valence-corrected chi connectivity index (χ2v) is 4.86. The molecule has 1 heterocycles. The van der Waals surface area contributed by atoms with E-state index in [0.29, 0.717) is 6.54 Å². The first-order valence-electron chi connectivity index (χ1n) is 6.52. The van der Waals surface area contributed by atoms with E-state index in [1.165, 1.54) is 6.07 Å². The molecule has 0 unspecified atom stereocenters. The molecule has 0 aliphatic carbocycles. The summed E-state index contributed by atoms with van der Waals surface area (Å²) in [6.07, 6.45) is 1.95. The van der Waals surface area contributed by atoms with E-state index in [9.17, 15) is 10.1 Å². The van der Waals surface area contributed by atoms with Crippen molar-refractivity contribution < 1.29 is 4.92 Å². The maximum atomic E-state index is 10.8. The van der Waals surface area contributed by atoms with Crippen LogP contribution in [0, 0.1) is 10.1 Å². The van der Waals surface area contributed by atoms with E-state index in [4.69, 9.17) is 0 Å². The zero-order valence-electron chi connectivity index (χ0n) is 11.5. The molecule has 0 saturated carbocycles. The molecular formula is C15H14N4O2. The number of hydrogen-bond acceptors (Lipinski definition) is 4. The first kappa shape index (κ1) is 13.1. The smallest absolute Gasteiger partial charge is 0.269 e.